The van der Waals surface area contributed by atoms with E-state index in [1.807, 2.05) is 0 Å². The highest BCUT2D eigenvalue weighted by atomic mass is 15.3. The largest absolute Gasteiger partial charge is 0.421 e. The molecule has 7 aromatic carbocycles. The number of fused-ring (bicyclic) bond motifs is 11. The summed E-state index contributed by atoms with van der Waals surface area (Å²) in [7, 11) is 0. The van der Waals surface area contributed by atoms with E-state index in [0.29, 0.717) is 0 Å². The highest BCUT2D eigenvalue weighted by Gasteiger charge is 2.49. The molecular formula is C42H27BN2. The highest BCUT2D eigenvalue weighted by molar-refractivity contribution is 6.87. The molecule has 7 aromatic rings. The molecule has 0 unspecified atom stereocenters. The van der Waals surface area contributed by atoms with Gasteiger partial charge in [0.15, 0.2) is 0 Å². The Labute approximate surface area is 263 Å². The van der Waals surface area contributed by atoms with Crippen LogP contribution in [0.1, 0.15) is 0 Å². The minimum atomic E-state index is -0.0389. The molecule has 3 heteroatoms. The van der Waals surface area contributed by atoms with Crippen molar-refractivity contribution in [2.75, 3.05) is 9.62 Å². The van der Waals surface area contributed by atoms with Gasteiger partial charge in [-0.05, 0) is 75.2 Å². The van der Waals surface area contributed by atoms with Crippen LogP contribution in [0, 0.1) is 0 Å². The predicted molar refractivity (Wildman–Crippen MR) is 190 cm³/mol. The first-order valence-electron chi connectivity index (χ1n) is 15.7. The molecule has 0 saturated heterocycles. The first-order valence-corrected chi connectivity index (χ1v) is 15.7. The summed E-state index contributed by atoms with van der Waals surface area (Å²) in [6.45, 7) is -0.0389. The molecule has 0 saturated carbocycles. The molecule has 45 heavy (non-hydrogen) atoms. The Kier molecular flexibility index (Phi) is 5.12. The highest BCUT2D eigenvalue weighted by Crippen LogP contribution is 2.54. The molecule has 0 radical (unpaired) electrons. The van der Waals surface area contributed by atoms with E-state index in [1.54, 1.807) is 0 Å². The van der Waals surface area contributed by atoms with Crippen molar-refractivity contribution in [3.8, 4) is 55.6 Å². The van der Waals surface area contributed by atoms with Crippen molar-refractivity contribution in [2.24, 2.45) is 0 Å². The summed E-state index contributed by atoms with van der Waals surface area (Å²) in [6, 6.07) is 60.3. The fraction of sp³-hybridized carbons (Fsp3) is 0. The molecule has 0 aromatic heterocycles. The van der Waals surface area contributed by atoms with Crippen molar-refractivity contribution < 1.29 is 0 Å². The quantitative estimate of drug-likeness (QED) is 0.191. The zero-order valence-corrected chi connectivity index (χ0v) is 24.6. The molecule has 0 atom stereocenters. The zero-order valence-electron chi connectivity index (χ0n) is 24.6. The summed E-state index contributed by atoms with van der Waals surface area (Å²) in [6.07, 6.45) is 0. The topological polar surface area (TPSA) is 6.48 Å². The molecule has 0 amide bonds. The number of anilines is 4. The molecule has 208 valence electrons. The van der Waals surface area contributed by atoms with E-state index in [-0.39, 0.29) is 6.98 Å². The Morgan fingerprint density at radius 2 is 0.622 bits per heavy atom. The molecule has 3 aliphatic rings. The summed E-state index contributed by atoms with van der Waals surface area (Å²) in [4.78, 5) is 5.17. The summed E-state index contributed by atoms with van der Waals surface area (Å²) in [5.74, 6) is 0. The van der Waals surface area contributed by atoms with Gasteiger partial charge in [0, 0.05) is 45.0 Å². The normalized spacial score (nSPS) is 13.2. The Morgan fingerprint density at radius 1 is 0.289 bits per heavy atom. The second-order valence-electron chi connectivity index (χ2n) is 12.1. The lowest BCUT2D eigenvalue weighted by atomic mass is 9.53. The molecule has 0 fully saturated rings. The van der Waals surface area contributed by atoms with Crippen LogP contribution >= 0.6 is 0 Å². The van der Waals surface area contributed by atoms with Crippen LogP contribution in [0.3, 0.4) is 0 Å². The molecule has 0 aliphatic carbocycles. The van der Waals surface area contributed by atoms with E-state index in [4.69, 9.17) is 0 Å². The lowest BCUT2D eigenvalue weighted by Gasteiger charge is -2.47. The standard InChI is InChI=1S/C42H27BN2/c1-2-14-28(15-3-1)30-16-4-5-17-31(30)29-26-36-34-20-8-12-24-40(34)44-38-22-10-6-18-32(38)33-19-7-11-23-39(33)45-41-25-13-9-21-35(41)37(27-29)42(36)43(44)45/h1-27H. The van der Waals surface area contributed by atoms with E-state index in [9.17, 15) is 0 Å². The minimum Gasteiger partial charge on any atom is -0.361 e. The Balaban J connectivity index is 1.34. The predicted octanol–water partition coefficient (Wildman–Crippen LogP) is 10.3. The maximum Gasteiger partial charge on any atom is 0.421 e. The van der Waals surface area contributed by atoms with Crippen molar-refractivity contribution in [1.82, 2.24) is 0 Å². The van der Waals surface area contributed by atoms with E-state index >= 15 is 0 Å². The van der Waals surface area contributed by atoms with Crippen molar-refractivity contribution in [2.45, 2.75) is 0 Å². The van der Waals surface area contributed by atoms with E-state index in [0.717, 1.165) is 0 Å². The first kappa shape index (κ1) is 24.6. The Hall–Kier alpha value is -5.80. The number of hydrogen-bond acceptors (Lipinski definition) is 2. The van der Waals surface area contributed by atoms with E-state index in [2.05, 4.69) is 173 Å². The number of para-hydroxylation sites is 4. The lowest BCUT2D eigenvalue weighted by Crippen LogP contribution is -2.61. The Morgan fingerprint density at radius 3 is 1.07 bits per heavy atom. The van der Waals surface area contributed by atoms with Crippen LogP contribution < -0.4 is 15.1 Å². The second-order valence-corrected chi connectivity index (χ2v) is 12.1. The van der Waals surface area contributed by atoms with Crippen LogP contribution in [0.15, 0.2) is 164 Å². The van der Waals surface area contributed by atoms with Gasteiger partial charge in [-0.25, -0.2) is 0 Å². The van der Waals surface area contributed by atoms with Gasteiger partial charge in [-0.1, -0.05) is 127 Å². The third-order valence-corrected chi connectivity index (χ3v) is 9.78. The first-order chi connectivity index (χ1) is 22.4. The molecule has 0 bridgehead atoms. The van der Waals surface area contributed by atoms with E-state index in [1.165, 1.54) is 83.8 Å². The fourth-order valence-corrected chi connectivity index (χ4v) is 7.94. The van der Waals surface area contributed by atoms with Gasteiger partial charge in [0.05, 0.1) is 0 Å². The molecule has 0 N–H and O–H groups in total. The van der Waals surface area contributed by atoms with Crippen LogP contribution in [-0.4, -0.2) is 6.98 Å². The smallest absolute Gasteiger partial charge is 0.361 e. The van der Waals surface area contributed by atoms with Crippen molar-refractivity contribution in [3.63, 3.8) is 0 Å². The molecule has 3 heterocycles. The number of benzene rings is 7. The second kappa shape index (κ2) is 9.35. The van der Waals surface area contributed by atoms with Crippen molar-refractivity contribution in [3.05, 3.63) is 164 Å². The van der Waals surface area contributed by atoms with Gasteiger partial charge in [0.2, 0.25) is 0 Å². The van der Waals surface area contributed by atoms with Crippen LogP contribution in [0.25, 0.3) is 55.6 Å². The molecular weight excluding hydrogens is 543 g/mol. The molecule has 3 aliphatic heterocycles. The van der Waals surface area contributed by atoms with Crippen molar-refractivity contribution >= 4 is 35.2 Å². The van der Waals surface area contributed by atoms with Gasteiger partial charge in [-0.3, -0.25) is 0 Å². The summed E-state index contributed by atoms with van der Waals surface area (Å²) < 4.78 is 0. The van der Waals surface area contributed by atoms with Gasteiger partial charge >= 0.3 is 6.98 Å². The third-order valence-electron chi connectivity index (χ3n) is 9.78. The third kappa shape index (κ3) is 3.41. The average molecular weight is 571 g/mol. The van der Waals surface area contributed by atoms with Gasteiger partial charge in [-0.15, -0.1) is 0 Å². The summed E-state index contributed by atoms with van der Waals surface area (Å²) in [5, 5.41) is 0. The average Bonchev–Trinajstić information content (AvgIpc) is 3.25. The molecule has 2 nitrogen and oxygen atoms in total. The minimum absolute atomic E-state index is 0.0389. The molecule has 10 rings (SSSR count). The number of nitrogens with zero attached hydrogens (tertiary/aromatic N) is 2. The lowest BCUT2D eigenvalue weighted by molar-refractivity contribution is 1.29. The fourth-order valence-electron chi connectivity index (χ4n) is 7.94. The summed E-state index contributed by atoms with van der Waals surface area (Å²) in [5.41, 5.74) is 18.9. The number of hydrogen-bond donors (Lipinski definition) is 0. The zero-order chi connectivity index (χ0) is 29.5. The van der Waals surface area contributed by atoms with Gasteiger partial charge < -0.3 is 9.62 Å². The SMILES string of the molecule is c1ccc(-c2ccccc2-c2cc3c4c(c2)-c2ccccc2N2B4N(c4ccccc4-c4ccccc42)c2ccccc2-3)cc1. The summed E-state index contributed by atoms with van der Waals surface area (Å²) >= 11 is 0. The van der Waals surface area contributed by atoms with Crippen LogP contribution in [0.4, 0.5) is 22.7 Å². The molecule has 0 spiro atoms. The maximum atomic E-state index is 2.59. The van der Waals surface area contributed by atoms with Crippen LogP contribution in [0.2, 0.25) is 0 Å². The van der Waals surface area contributed by atoms with Gasteiger partial charge in [-0.2, -0.15) is 0 Å². The Bertz CT molecular complexity index is 2190. The van der Waals surface area contributed by atoms with Gasteiger partial charge in [0.25, 0.3) is 0 Å². The van der Waals surface area contributed by atoms with Crippen molar-refractivity contribution in [1.29, 1.82) is 0 Å². The van der Waals surface area contributed by atoms with Crippen LogP contribution in [-0.2, 0) is 0 Å². The monoisotopic (exact) mass is 570 g/mol. The van der Waals surface area contributed by atoms with Gasteiger partial charge in [0.1, 0.15) is 0 Å². The number of rotatable bonds is 2. The van der Waals surface area contributed by atoms with Crippen LogP contribution in [0.5, 0.6) is 0 Å². The maximum absolute atomic E-state index is 2.59. The van der Waals surface area contributed by atoms with E-state index < -0.39 is 0 Å².